The number of likely N-dealkylation sites (tertiary alicyclic amines) is 1. The van der Waals surface area contributed by atoms with Crippen LogP contribution >= 0.6 is 0 Å². The SMILES string of the molecule is Cc1ccc(C(NC(=O)N2CCN(CC3CCN(C)CC3)CC2)c2ccc(C)cc2)cc1. The Hall–Kier alpha value is -2.37. The number of nitrogens with one attached hydrogen (secondary N) is 1. The summed E-state index contributed by atoms with van der Waals surface area (Å²) in [6.45, 7) is 11.3. The molecule has 2 aliphatic heterocycles. The molecule has 5 heteroatoms. The molecule has 2 aromatic carbocycles. The summed E-state index contributed by atoms with van der Waals surface area (Å²) < 4.78 is 0. The van der Waals surface area contributed by atoms with Crippen LogP contribution in [-0.2, 0) is 0 Å². The number of hydrogen-bond donors (Lipinski definition) is 1. The number of benzene rings is 2. The van der Waals surface area contributed by atoms with Crippen molar-refractivity contribution in [2.45, 2.75) is 32.7 Å². The Balaban J connectivity index is 1.36. The van der Waals surface area contributed by atoms with Crippen LogP contribution in [0, 0.1) is 19.8 Å². The first kappa shape index (κ1) is 22.8. The summed E-state index contributed by atoms with van der Waals surface area (Å²) in [6, 6.07) is 16.9. The van der Waals surface area contributed by atoms with Gasteiger partial charge in [-0.3, -0.25) is 4.90 Å². The summed E-state index contributed by atoms with van der Waals surface area (Å²) >= 11 is 0. The summed E-state index contributed by atoms with van der Waals surface area (Å²) in [7, 11) is 2.22. The average Bonchev–Trinajstić information content (AvgIpc) is 2.81. The van der Waals surface area contributed by atoms with Gasteiger partial charge in [0.2, 0.25) is 0 Å². The monoisotopic (exact) mass is 434 g/mol. The van der Waals surface area contributed by atoms with E-state index in [1.165, 1.54) is 43.6 Å². The molecule has 2 saturated heterocycles. The van der Waals surface area contributed by atoms with Gasteiger partial charge < -0.3 is 15.1 Å². The van der Waals surface area contributed by atoms with Crippen molar-refractivity contribution in [3.8, 4) is 0 Å². The molecular weight excluding hydrogens is 396 g/mol. The molecule has 2 aliphatic rings. The number of carbonyl (C=O) groups is 1. The van der Waals surface area contributed by atoms with E-state index in [1.807, 2.05) is 4.90 Å². The predicted molar refractivity (Wildman–Crippen MR) is 131 cm³/mol. The number of hydrogen-bond acceptors (Lipinski definition) is 3. The summed E-state index contributed by atoms with van der Waals surface area (Å²) in [6.07, 6.45) is 2.60. The fourth-order valence-corrected chi connectivity index (χ4v) is 4.84. The van der Waals surface area contributed by atoms with Crippen molar-refractivity contribution in [1.82, 2.24) is 20.0 Å². The van der Waals surface area contributed by atoms with Gasteiger partial charge in [0.05, 0.1) is 6.04 Å². The van der Waals surface area contributed by atoms with Crippen molar-refractivity contribution in [3.63, 3.8) is 0 Å². The van der Waals surface area contributed by atoms with Crippen molar-refractivity contribution in [3.05, 3.63) is 70.8 Å². The van der Waals surface area contributed by atoms with Gasteiger partial charge in [-0.2, -0.15) is 0 Å². The number of nitrogens with zero attached hydrogens (tertiary/aromatic N) is 3. The zero-order valence-corrected chi connectivity index (χ0v) is 19.9. The lowest BCUT2D eigenvalue weighted by Crippen LogP contribution is -2.53. The van der Waals surface area contributed by atoms with Gasteiger partial charge in [0.15, 0.2) is 0 Å². The second-order valence-electron chi connectivity index (χ2n) is 9.74. The molecule has 4 rings (SSSR count). The zero-order valence-electron chi connectivity index (χ0n) is 19.9. The Kier molecular flexibility index (Phi) is 7.48. The van der Waals surface area contributed by atoms with Crippen molar-refractivity contribution < 1.29 is 4.79 Å². The highest BCUT2D eigenvalue weighted by atomic mass is 16.2. The molecule has 0 unspecified atom stereocenters. The van der Waals surface area contributed by atoms with E-state index in [1.54, 1.807) is 0 Å². The lowest BCUT2D eigenvalue weighted by molar-refractivity contribution is 0.109. The molecule has 32 heavy (non-hydrogen) atoms. The van der Waals surface area contributed by atoms with E-state index >= 15 is 0 Å². The summed E-state index contributed by atoms with van der Waals surface area (Å²) in [5.74, 6) is 0.805. The topological polar surface area (TPSA) is 38.8 Å². The van der Waals surface area contributed by atoms with Gasteiger partial charge in [-0.05, 0) is 63.9 Å². The van der Waals surface area contributed by atoms with E-state index in [0.29, 0.717) is 0 Å². The lowest BCUT2D eigenvalue weighted by Gasteiger charge is -2.38. The molecule has 0 aromatic heterocycles. The van der Waals surface area contributed by atoms with Crippen LogP contribution in [-0.4, -0.2) is 73.6 Å². The minimum absolute atomic E-state index is 0.0371. The first-order valence-corrected chi connectivity index (χ1v) is 12.1. The maximum Gasteiger partial charge on any atom is 0.318 e. The normalized spacial score (nSPS) is 18.8. The Morgan fingerprint density at radius 2 is 1.34 bits per heavy atom. The average molecular weight is 435 g/mol. The third-order valence-corrected chi connectivity index (χ3v) is 7.10. The largest absolute Gasteiger partial charge is 0.327 e. The number of aryl methyl sites for hydroxylation is 2. The van der Waals surface area contributed by atoms with E-state index in [9.17, 15) is 4.79 Å². The van der Waals surface area contributed by atoms with Crippen LogP contribution in [0.5, 0.6) is 0 Å². The Bertz CT molecular complexity index is 818. The first-order chi connectivity index (χ1) is 15.5. The van der Waals surface area contributed by atoms with Gasteiger partial charge in [-0.25, -0.2) is 4.79 Å². The van der Waals surface area contributed by atoms with Crippen LogP contribution in [0.3, 0.4) is 0 Å². The van der Waals surface area contributed by atoms with Gasteiger partial charge in [-0.15, -0.1) is 0 Å². The van der Waals surface area contributed by atoms with E-state index in [-0.39, 0.29) is 12.1 Å². The molecule has 2 aromatic rings. The molecule has 0 saturated carbocycles. The number of carbonyl (C=O) groups excluding carboxylic acids is 1. The highest BCUT2D eigenvalue weighted by Crippen LogP contribution is 2.24. The molecule has 2 fully saturated rings. The summed E-state index contributed by atoms with van der Waals surface area (Å²) in [5.41, 5.74) is 4.69. The molecule has 0 aliphatic carbocycles. The Morgan fingerprint density at radius 1 is 0.844 bits per heavy atom. The molecule has 2 amide bonds. The summed E-state index contributed by atoms with van der Waals surface area (Å²) in [4.78, 5) is 20.2. The quantitative estimate of drug-likeness (QED) is 0.771. The van der Waals surface area contributed by atoms with Crippen molar-refractivity contribution >= 4 is 6.03 Å². The van der Waals surface area contributed by atoms with Gasteiger partial charge in [0, 0.05) is 32.7 Å². The smallest absolute Gasteiger partial charge is 0.318 e. The highest BCUT2D eigenvalue weighted by molar-refractivity contribution is 5.75. The zero-order chi connectivity index (χ0) is 22.5. The fraction of sp³-hybridized carbons (Fsp3) is 0.519. The Morgan fingerprint density at radius 3 is 1.84 bits per heavy atom. The van der Waals surface area contributed by atoms with Crippen LogP contribution in [0.1, 0.15) is 41.1 Å². The minimum Gasteiger partial charge on any atom is -0.327 e. The summed E-state index contributed by atoms with van der Waals surface area (Å²) in [5, 5.41) is 3.32. The van der Waals surface area contributed by atoms with E-state index in [2.05, 4.69) is 84.5 Å². The lowest BCUT2D eigenvalue weighted by atomic mass is 9.96. The van der Waals surface area contributed by atoms with Crippen LogP contribution in [0.15, 0.2) is 48.5 Å². The van der Waals surface area contributed by atoms with Crippen molar-refractivity contribution in [2.75, 3.05) is 52.9 Å². The molecule has 0 spiro atoms. The van der Waals surface area contributed by atoms with Crippen LogP contribution in [0.25, 0.3) is 0 Å². The van der Waals surface area contributed by atoms with E-state index < -0.39 is 0 Å². The van der Waals surface area contributed by atoms with E-state index in [4.69, 9.17) is 0 Å². The molecule has 2 heterocycles. The highest BCUT2D eigenvalue weighted by Gasteiger charge is 2.26. The van der Waals surface area contributed by atoms with Crippen molar-refractivity contribution in [2.24, 2.45) is 5.92 Å². The van der Waals surface area contributed by atoms with Gasteiger partial charge >= 0.3 is 6.03 Å². The number of urea groups is 1. The van der Waals surface area contributed by atoms with E-state index in [0.717, 1.165) is 43.2 Å². The second kappa shape index (κ2) is 10.5. The number of rotatable bonds is 5. The molecule has 5 nitrogen and oxygen atoms in total. The van der Waals surface area contributed by atoms with Crippen molar-refractivity contribution in [1.29, 1.82) is 0 Å². The third kappa shape index (κ3) is 5.90. The molecule has 0 radical (unpaired) electrons. The second-order valence-corrected chi connectivity index (χ2v) is 9.74. The maximum absolute atomic E-state index is 13.2. The van der Waals surface area contributed by atoms with Crippen LogP contribution in [0.2, 0.25) is 0 Å². The van der Waals surface area contributed by atoms with Gasteiger partial charge in [0.1, 0.15) is 0 Å². The number of amides is 2. The van der Waals surface area contributed by atoms with Crippen LogP contribution < -0.4 is 5.32 Å². The molecule has 172 valence electrons. The fourth-order valence-electron chi connectivity index (χ4n) is 4.84. The third-order valence-electron chi connectivity index (χ3n) is 7.10. The van der Waals surface area contributed by atoms with Gasteiger partial charge in [0.25, 0.3) is 0 Å². The Labute approximate surface area is 193 Å². The molecule has 1 N–H and O–H groups in total. The molecule has 0 bridgehead atoms. The number of piperazine rings is 1. The number of piperidine rings is 1. The minimum atomic E-state index is -0.138. The van der Waals surface area contributed by atoms with Gasteiger partial charge in [-0.1, -0.05) is 59.7 Å². The standard InChI is InChI=1S/C27H38N4O/c1-21-4-8-24(9-5-21)26(25-10-6-22(2)7-11-25)28-27(32)31-18-16-30(17-19-31)20-23-12-14-29(3)15-13-23/h4-11,23,26H,12-20H2,1-3H3,(H,28,32). The van der Waals surface area contributed by atoms with Crippen LogP contribution in [0.4, 0.5) is 4.79 Å². The molecule has 0 atom stereocenters. The predicted octanol–water partition coefficient (Wildman–Crippen LogP) is 4.06. The maximum atomic E-state index is 13.2. The first-order valence-electron chi connectivity index (χ1n) is 12.1. The molecular formula is C27H38N4O.